The Balaban J connectivity index is 3.03. The summed E-state index contributed by atoms with van der Waals surface area (Å²) in [5.74, 6) is -5.15. The lowest BCUT2D eigenvalue weighted by Gasteiger charge is -2.22. The Hall–Kier alpha value is -0.580. The van der Waals surface area contributed by atoms with Crippen LogP contribution in [-0.4, -0.2) is 11.1 Å². The molecule has 0 saturated carbocycles. The van der Waals surface area contributed by atoms with Crippen LogP contribution in [0.15, 0.2) is 12.1 Å². The van der Waals surface area contributed by atoms with Crippen LogP contribution >= 0.6 is 34.8 Å². The Morgan fingerprint density at radius 2 is 1.79 bits per heavy atom. The molecule has 0 heterocycles. The predicted molar refractivity (Wildman–Crippen MR) is 71.4 cm³/mol. The van der Waals surface area contributed by atoms with Gasteiger partial charge in [-0.2, -0.15) is 0 Å². The fourth-order valence-corrected chi connectivity index (χ4v) is 2.90. The molecule has 1 aromatic rings. The number of rotatable bonds is 5. The zero-order valence-electron chi connectivity index (χ0n) is 9.89. The lowest BCUT2D eigenvalue weighted by atomic mass is 9.95. The van der Waals surface area contributed by atoms with Gasteiger partial charge >= 0.3 is 5.97 Å². The number of hydrogen-bond donors (Lipinski definition) is 1. The molecule has 2 nitrogen and oxygen atoms in total. The van der Waals surface area contributed by atoms with E-state index in [9.17, 15) is 13.6 Å². The molecule has 1 rings (SSSR count). The summed E-state index contributed by atoms with van der Waals surface area (Å²) in [4.78, 5) is 10.5. The van der Waals surface area contributed by atoms with E-state index < -0.39 is 29.8 Å². The molecule has 0 saturated heterocycles. The number of carboxylic acids is 1. The van der Waals surface area contributed by atoms with E-state index in [1.165, 1.54) is 19.1 Å². The van der Waals surface area contributed by atoms with Gasteiger partial charge in [-0.15, -0.1) is 0 Å². The highest BCUT2D eigenvalue weighted by Crippen LogP contribution is 2.44. The molecule has 19 heavy (non-hydrogen) atoms. The van der Waals surface area contributed by atoms with Crippen molar-refractivity contribution in [3.8, 4) is 0 Å². The molecule has 0 amide bonds. The molecule has 0 fully saturated rings. The van der Waals surface area contributed by atoms with E-state index in [1.54, 1.807) is 0 Å². The van der Waals surface area contributed by atoms with Crippen LogP contribution in [-0.2, 0) is 10.7 Å². The molecular weight excluding hydrogens is 320 g/mol. The molecule has 1 unspecified atom stereocenters. The molecule has 0 aliphatic carbocycles. The van der Waals surface area contributed by atoms with Gasteiger partial charge in [0.15, 0.2) is 0 Å². The molecule has 7 heteroatoms. The fourth-order valence-electron chi connectivity index (χ4n) is 1.80. The van der Waals surface area contributed by atoms with Crippen molar-refractivity contribution in [1.82, 2.24) is 0 Å². The van der Waals surface area contributed by atoms with E-state index in [-0.39, 0.29) is 21.5 Å². The van der Waals surface area contributed by atoms with E-state index in [1.807, 2.05) is 0 Å². The number of carboxylic acid groups (broad SMARTS) is 1. The normalized spacial score (nSPS) is 13.4. The van der Waals surface area contributed by atoms with Gasteiger partial charge in [0.1, 0.15) is 0 Å². The number of alkyl halides is 2. The predicted octanol–water partition coefficient (Wildman–Crippen LogP) is 5.24. The second-order valence-electron chi connectivity index (χ2n) is 4.36. The summed E-state index contributed by atoms with van der Waals surface area (Å²) in [6.45, 7) is 1.43. The number of carbonyl (C=O) groups is 1. The Labute approximate surface area is 124 Å². The molecule has 1 aromatic carbocycles. The van der Waals surface area contributed by atoms with E-state index in [0.29, 0.717) is 0 Å². The number of halogens is 5. The molecule has 0 radical (unpaired) electrons. The van der Waals surface area contributed by atoms with Crippen molar-refractivity contribution in [3.05, 3.63) is 32.8 Å². The second-order valence-corrected chi connectivity index (χ2v) is 5.61. The topological polar surface area (TPSA) is 37.3 Å². The van der Waals surface area contributed by atoms with E-state index in [0.717, 1.165) is 0 Å². The van der Waals surface area contributed by atoms with E-state index in [2.05, 4.69) is 0 Å². The second kappa shape index (κ2) is 6.25. The smallest absolute Gasteiger partial charge is 0.303 e. The highest BCUT2D eigenvalue weighted by molar-refractivity contribution is 6.39. The largest absolute Gasteiger partial charge is 0.481 e. The third-order valence-corrected chi connectivity index (χ3v) is 3.31. The third-order valence-electron chi connectivity index (χ3n) is 2.50. The van der Waals surface area contributed by atoms with Crippen LogP contribution in [0.2, 0.25) is 15.1 Å². The summed E-state index contributed by atoms with van der Waals surface area (Å²) < 4.78 is 28.2. The molecule has 106 valence electrons. The first-order valence-electron chi connectivity index (χ1n) is 5.38. The number of aliphatic carboxylic acids is 1. The van der Waals surface area contributed by atoms with Crippen LogP contribution < -0.4 is 0 Å². The van der Waals surface area contributed by atoms with Crippen molar-refractivity contribution in [2.75, 3.05) is 0 Å². The van der Waals surface area contributed by atoms with Crippen molar-refractivity contribution in [2.24, 2.45) is 5.92 Å². The number of hydrogen-bond acceptors (Lipinski definition) is 1. The first-order valence-corrected chi connectivity index (χ1v) is 6.51. The molecule has 1 N–H and O–H groups in total. The Morgan fingerprint density at radius 1 is 1.32 bits per heavy atom. The maximum atomic E-state index is 14.1. The van der Waals surface area contributed by atoms with E-state index >= 15 is 0 Å². The van der Waals surface area contributed by atoms with Crippen LogP contribution in [0, 0.1) is 5.92 Å². The van der Waals surface area contributed by atoms with Gasteiger partial charge < -0.3 is 5.11 Å². The van der Waals surface area contributed by atoms with Crippen LogP contribution in [0.1, 0.15) is 25.3 Å². The minimum atomic E-state index is -3.31. The summed E-state index contributed by atoms with van der Waals surface area (Å²) in [5.41, 5.74) is -0.516. The quantitative estimate of drug-likeness (QED) is 0.801. The van der Waals surface area contributed by atoms with Crippen LogP contribution in [0.5, 0.6) is 0 Å². The lowest BCUT2D eigenvalue weighted by Crippen LogP contribution is -2.20. The van der Waals surface area contributed by atoms with Crippen molar-refractivity contribution < 1.29 is 18.7 Å². The van der Waals surface area contributed by atoms with E-state index in [4.69, 9.17) is 39.9 Å². The SMILES string of the molecule is CC(CC(=O)O)CC(F)(F)c1c(Cl)cc(Cl)cc1Cl. The van der Waals surface area contributed by atoms with Crippen molar-refractivity contribution >= 4 is 40.8 Å². The molecular formula is C12H11Cl3F2O2. The van der Waals surface area contributed by atoms with Crippen molar-refractivity contribution in [1.29, 1.82) is 0 Å². The summed E-state index contributed by atoms with van der Waals surface area (Å²) >= 11 is 17.1. The zero-order valence-corrected chi connectivity index (χ0v) is 12.2. The van der Waals surface area contributed by atoms with Gasteiger partial charge in [0, 0.05) is 17.9 Å². The van der Waals surface area contributed by atoms with Gasteiger partial charge in [-0.25, -0.2) is 8.78 Å². The first-order chi connectivity index (χ1) is 8.63. The third kappa shape index (κ3) is 4.48. The molecule has 0 bridgehead atoms. The average Bonchev–Trinajstić information content (AvgIpc) is 2.10. The molecule has 0 spiro atoms. The van der Waals surface area contributed by atoms with Gasteiger partial charge in [0.25, 0.3) is 5.92 Å². The van der Waals surface area contributed by atoms with Gasteiger partial charge in [0.2, 0.25) is 0 Å². The van der Waals surface area contributed by atoms with Crippen LogP contribution in [0.4, 0.5) is 8.78 Å². The standard InChI is InChI=1S/C12H11Cl3F2O2/c1-6(2-10(18)19)5-12(16,17)11-8(14)3-7(13)4-9(11)15/h3-4,6H,2,5H2,1H3,(H,18,19). The van der Waals surface area contributed by atoms with Gasteiger partial charge in [-0.05, 0) is 18.1 Å². The highest BCUT2D eigenvalue weighted by Gasteiger charge is 2.38. The average molecular weight is 332 g/mol. The Bertz CT molecular complexity index is 469. The summed E-state index contributed by atoms with van der Waals surface area (Å²) in [6, 6.07) is 2.36. The van der Waals surface area contributed by atoms with Gasteiger partial charge in [0.05, 0.1) is 15.6 Å². The van der Waals surface area contributed by atoms with Crippen LogP contribution in [0.3, 0.4) is 0 Å². The molecule has 0 aliphatic rings. The molecule has 1 atom stereocenters. The summed E-state index contributed by atoms with van der Waals surface area (Å²) in [7, 11) is 0. The minimum absolute atomic E-state index is 0.160. The first kappa shape index (κ1) is 16.5. The maximum absolute atomic E-state index is 14.1. The Kier molecular flexibility index (Phi) is 5.42. The maximum Gasteiger partial charge on any atom is 0.303 e. The lowest BCUT2D eigenvalue weighted by molar-refractivity contribution is -0.138. The van der Waals surface area contributed by atoms with Gasteiger partial charge in [-0.1, -0.05) is 41.7 Å². The van der Waals surface area contributed by atoms with Crippen molar-refractivity contribution in [2.45, 2.75) is 25.7 Å². The molecule has 0 aliphatic heterocycles. The fraction of sp³-hybridized carbons (Fsp3) is 0.417. The van der Waals surface area contributed by atoms with Crippen LogP contribution in [0.25, 0.3) is 0 Å². The zero-order chi connectivity index (χ0) is 14.8. The van der Waals surface area contributed by atoms with Gasteiger partial charge in [-0.3, -0.25) is 4.79 Å². The monoisotopic (exact) mass is 330 g/mol. The summed E-state index contributed by atoms with van der Waals surface area (Å²) in [5, 5.41) is 8.28. The van der Waals surface area contributed by atoms with Crippen molar-refractivity contribution in [3.63, 3.8) is 0 Å². The Morgan fingerprint density at radius 3 is 2.21 bits per heavy atom. The number of benzene rings is 1. The summed E-state index contributed by atoms with van der Waals surface area (Å²) in [6.07, 6.45) is -1.00. The molecule has 0 aromatic heterocycles. The highest BCUT2D eigenvalue weighted by atomic mass is 35.5. The minimum Gasteiger partial charge on any atom is -0.481 e.